The monoisotopic (exact) mass is 283 g/mol. The zero-order chi connectivity index (χ0) is 14.5. The molecule has 2 aliphatic heterocycles. The van der Waals surface area contributed by atoms with Crippen LogP contribution in [-0.4, -0.2) is 55.2 Å². The van der Waals surface area contributed by atoms with Crippen LogP contribution in [0.1, 0.15) is 39.5 Å². The molecule has 0 spiro atoms. The number of piperidine rings is 1. The molecule has 20 heavy (non-hydrogen) atoms. The fraction of sp³-hybridized carbons (Fsp3) is 0.933. The first kappa shape index (κ1) is 15.7. The largest absolute Gasteiger partial charge is 0.378 e. The van der Waals surface area contributed by atoms with E-state index in [4.69, 9.17) is 10.5 Å². The molecule has 2 heterocycles. The molecule has 116 valence electrons. The molecule has 0 aromatic carbocycles. The van der Waals surface area contributed by atoms with Crippen molar-refractivity contribution >= 4 is 5.91 Å². The van der Waals surface area contributed by atoms with Crippen molar-refractivity contribution in [2.75, 3.05) is 26.2 Å². The van der Waals surface area contributed by atoms with E-state index in [1.54, 1.807) is 0 Å². The van der Waals surface area contributed by atoms with Crippen LogP contribution in [0.2, 0.25) is 0 Å². The second-order valence-electron chi connectivity index (χ2n) is 6.56. The maximum absolute atomic E-state index is 10.9. The van der Waals surface area contributed by atoms with Gasteiger partial charge >= 0.3 is 0 Å². The van der Waals surface area contributed by atoms with Crippen LogP contribution in [0.4, 0.5) is 0 Å². The SMILES string of the molecule is CC(C)C1CC(NC2CCN(CC(N)=O)CC2)CCO1. The quantitative estimate of drug-likeness (QED) is 0.780. The number of nitrogens with two attached hydrogens (primary N) is 1. The van der Waals surface area contributed by atoms with E-state index in [1.807, 2.05) is 0 Å². The molecule has 0 aromatic rings. The van der Waals surface area contributed by atoms with Gasteiger partial charge in [0.15, 0.2) is 0 Å². The van der Waals surface area contributed by atoms with Gasteiger partial charge in [-0.3, -0.25) is 9.69 Å². The molecule has 2 saturated heterocycles. The highest BCUT2D eigenvalue weighted by Crippen LogP contribution is 2.21. The standard InChI is InChI=1S/C15H29N3O2/c1-11(2)14-9-13(5-8-20-14)17-12-3-6-18(7-4-12)10-15(16)19/h11-14,17H,3-10H2,1-2H3,(H2,16,19). The number of primary amides is 1. The molecule has 1 amide bonds. The number of nitrogens with one attached hydrogen (secondary N) is 1. The maximum atomic E-state index is 10.9. The number of nitrogens with zero attached hydrogens (tertiary/aromatic N) is 1. The van der Waals surface area contributed by atoms with Gasteiger partial charge in [-0.15, -0.1) is 0 Å². The summed E-state index contributed by atoms with van der Waals surface area (Å²) in [5.74, 6) is 0.373. The van der Waals surface area contributed by atoms with E-state index in [9.17, 15) is 4.79 Å². The minimum Gasteiger partial charge on any atom is -0.378 e. The Morgan fingerprint density at radius 2 is 2.00 bits per heavy atom. The molecular formula is C15H29N3O2. The van der Waals surface area contributed by atoms with Crippen molar-refractivity contribution < 1.29 is 9.53 Å². The normalized spacial score (nSPS) is 29.8. The van der Waals surface area contributed by atoms with Crippen LogP contribution in [0.3, 0.4) is 0 Å². The molecule has 2 rings (SSSR count). The number of hydrogen-bond donors (Lipinski definition) is 2. The number of carbonyl (C=O) groups is 1. The summed E-state index contributed by atoms with van der Waals surface area (Å²) in [5.41, 5.74) is 5.24. The van der Waals surface area contributed by atoms with Gasteiger partial charge in [-0.05, 0) is 31.6 Å². The van der Waals surface area contributed by atoms with Crippen LogP contribution in [-0.2, 0) is 9.53 Å². The average Bonchev–Trinajstić information content (AvgIpc) is 2.41. The Hall–Kier alpha value is -0.650. The maximum Gasteiger partial charge on any atom is 0.231 e. The minimum absolute atomic E-state index is 0.222. The van der Waals surface area contributed by atoms with Crippen molar-refractivity contribution in [3.63, 3.8) is 0 Å². The van der Waals surface area contributed by atoms with Gasteiger partial charge in [0.05, 0.1) is 12.6 Å². The van der Waals surface area contributed by atoms with Gasteiger partial charge in [0.2, 0.25) is 5.91 Å². The van der Waals surface area contributed by atoms with E-state index in [0.717, 1.165) is 45.4 Å². The number of carbonyl (C=O) groups excluding carboxylic acids is 1. The lowest BCUT2D eigenvalue weighted by Gasteiger charge is -2.37. The Morgan fingerprint density at radius 1 is 1.30 bits per heavy atom. The van der Waals surface area contributed by atoms with E-state index < -0.39 is 0 Å². The van der Waals surface area contributed by atoms with E-state index in [2.05, 4.69) is 24.1 Å². The second kappa shape index (κ2) is 7.38. The lowest BCUT2D eigenvalue weighted by atomic mass is 9.93. The van der Waals surface area contributed by atoms with Gasteiger partial charge in [0.1, 0.15) is 0 Å². The van der Waals surface area contributed by atoms with Gasteiger partial charge in [0.25, 0.3) is 0 Å². The Labute approximate surface area is 122 Å². The Balaban J connectivity index is 1.71. The number of likely N-dealkylation sites (tertiary alicyclic amines) is 1. The summed E-state index contributed by atoms with van der Waals surface area (Å²) in [6.45, 7) is 7.68. The molecule has 2 aliphatic rings. The summed E-state index contributed by atoms with van der Waals surface area (Å²) < 4.78 is 5.82. The van der Waals surface area contributed by atoms with Crippen LogP contribution >= 0.6 is 0 Å². The number of hydrogen-bond acceptors (Lipinski definition) is 4. The molecule has 2 unspecified atom stereocenters. The van der Waals surface area contributed by atoms with E-state index >= 15 is 0 Å². The highest BCUT2D eigenvalue weighted by Gasteiger charge is 2.28. The minimum atomic E-state index is -0.222. The number of ether oxygens (including phenoxy) is 1. The average molecular weight is 283 g/mol. The van der Waals surface area contributed by atoms with Crippen molar-refractivity contribution in [3.8, 4) is 0 Å². The third kappa shape index (κ3) is 4.72. The predicted octanol–water partition coefficient (Wildman–Crippen LogP) is 0.729. The van der Waals surface area contributed by atoms with Crippen LogP contribution in [0, 0.1) is 5.92 Å². The molecule has 5 nitrogen and oxygen atoms in total. The predicted molar refractivity (Wildman–Crippen MR) is 79.4 cm³/mol. The number of amides is 1. The molecular weight excluding hydrogens is 254 g/mol. The fourth-order valence-electron chi connectivity index (χ4n) is 3.26. The van der Waals surface area contributed by atoms with Gasteiger partial charge in [0, 0.05) is 31.8 Å². The summed E-state index contributed by atoms with van der Waals surface area (Å²) in [6, 6.07) is 1.17. The lowest BCUT2D eigenvalue weighted by molar-refractivity contribution is -0.119. The van der Waals surface area contributed by atoms with E-state index in [0.29, 0.717) is 30.7 Å². The van der Waals surface area contributed by atoms with Crippen LogP contribution in [0.5, 0.6) is 0 Å². The molecule has 0 saturated carbocycles. The Bertz CT molecular complexity index is 314. The molecule has 0 aliphatic carbocycles. The van der Waals surface area contributed by atoms with E-state index in [1.165, 1.54) is 0 Å². The van der Waals surface area contributed by atoms with E-state index in [-0.39, 0.29) is 5.91 Å². The van der Waals surface area contributed by atoms with Crippen molar-refractivity contribution in [1.82, 2.24) is 10.2 Å². The molecule has 3 N–H and O–H groups in total. The second-order valence-corrected chi connectivity index (χ2v) is 6.56. The van der Waals surface area contributed by atoms with Gasteiger partial charge < -0.3 is 15.8 Å². The zero-order valence-corrected chi connectivity index (χ0v) is 12.8. The highest BCUT2D eigenvalue weighted by atomic mass is 16.5. The molecule has 0 radical (unpaired) electrons. The first-order valence-corrected chi connectivity index (χ1v) is 7.93. The first-order chi connectivity index (χ1) is 9.54. The van der Waals surface area contributed by atoms with Crippen LogP contribution in [0.25, 0.3) is 0 Å². The first-order valence-electron chi connectivity index (χ1n) is 7.93. The summed E-state index contributed by atoms with van der Waals surface area (Å²) >= 11 is 0. The molecule has 0 bridgehead atoms. The summed E-state index contributed by atoms with van der Waals surface area (Å²) in [6.07, 6.45) is 4.86. The zero-order valence-electron chi connectivity index (χ0n) is 12.8. The molecule has 2 atom stereocenters. The molecule has 2 fully saturated rings. The third-order valence-electron chi connectivity index (χ3n) is 4.50. The molecule has 5 heteroatoms. The van der Waals surface area contributed by atoms with Crippen molar-refractivity contribution in [3.05, 3.63) is 0 Å². The van der Waals surface area contributed by atoms with Gasteiger partial charge in [-0.1, -0.05) is 13.8 Å². The number of rotatable bonds is 5. The van der Waals surface area contributed by atoms with Crippen molar-refractivity contribution in [2.24, 2.45) is 11.7 Å². The van der Waals surface area contributed by atoms with Crippen LogP contribution in [0.15, 0.2) is 0 Å². The van der Waals surface area contributed by atoms with Gasteiger partial charge in [-0.2, -0.15) is 0 Å². The van der Waals surface area contributed by atoms with Crippen LogP contribution < -0.4 is 11.1 Å². The smallest absolute Gasteiger partial charge is 0.231 e. The Morgan fingerprint density at radius 3 is 2.60 bits per heavy atom. The highest BCUT2D eigenvalue weighted by molar-refractivity contribution is 5.75. The van der Waals surface area contributed by atoms with Crippen molar-refractivity contribution in [2.45, 2.75) is 57.7 Å². The lowest BCUT2D eigenvalue weighted by Crippen LogP contribution is -2.50. The molecule has 0 aromatic heterocycles. The fourth-order valence-corrected chi connectivity index (χ4v) is 3.26. The van der Waals surface area contributed by atoms with Crippen molar-refractivity contribution in [1.29, 1.82) is 0 Å². The van der Waals surface area contributed by atoms with Gasteiger partial charge in [-0.25, -0.2) is 0 Å². The summed E-state index contributed by atoms with van der Waals surface area (Å²) in [5, 5.41) is 3.79. The Kier molecular flexibility index (Phi) is 5.81. The summed E-state index contributed by atoms with van der Waals surface area (Å²) in [7, 11) is 0. The summed E-state index contributed by atoms with van der Waals surface area (Å²) in [4.78, 5) is 13.1. The third-order valence-corrected chi connectivity index (χ3v) is 4.50. The topological polar surface area (TPSA) is 67.6 Å².